The van der Waals surface area contributed by atoms with E-state index in [-0.39, 0.29) is 6.10 Å². The molecule has 3 aliphatic carbocycles. The number of rotatable bonds is 2. The number of hydrogen-bond donors (Lipinski definition) is 0. The summed E-state index contributed by atoms with van der Waals surface area (Å²) in [6.07, 6.45) is 9.36. The molecule has 0 radical (unpaired) electrons. The molecule has 1 heteroatoms. The van der Waals surface area contributed by atoms with Gasteiger partial charge < -0.3 is 4.74 Å². The lowest BCUT2D eigenvalue weighted by Crippen LogP contribution is -2.50. The zero-order valence-electron chi connectivity index (χ0n) is 10.2. The van der Waals surface area contributed by atoms with Crippen molar-refractivity contribution in [2.24, 2.45) is 17.3 Å². The van der Waals surface area contributed by atoms with Crippen LogP contribution < -0.4 is 0 Å². The van der Waals surface area contributed by atoms with Crippen LogP contribution in [-0.2, 0) is 4.74 Å². The Morgan fingerprint density at radius 2 is 2.25 bits per heavy atom. The van der Waals surface area contributed by atoms with Gasteiger partial charge in [0.1, 0.15) is 6.10 Å². The van der Waals surface area contributed by atoms with E-state index in [1.54, 1.807) is 0 Å². The van der Waals surface area contributed by atoms with Gasteiger partial charge in [0.2, 0.25) is 0 Å². The van der Waals surface area contributed by atoms with Crippen molar-refractivity contribution < 1.29 is 4.74 Å². The molecule has 3 atom stereocenters. The fourth-order valence-corrected chi connectivity index (χ4v) is 3.61. The summed E-state index contributed by atoms with van der Waals surface area (Å²) in [5.74, 6) is 1.64. The summed E-state index contributed by atoms with van der Waals surface area (Å²) in [6.45, 7) is 9.45. The van der Waals surface area contributed by atoms with Gasteiger partial charge >= 0.3 is 0 Å². The third-order valence-corrected chi connectivity index (χ3v) is 4.93. The first kappa shape index (κ1) is 10.3. The molecule has 86 valence electrons. The van der Waals surface area contributed by atoms with Crippen LogP contribution in [0.4, 0.5) is 0 Å². The molecule has 16 heavy (non-hydrogen) atoms. The normalized spacial score (nSPS) is 39.8. The van der Waals surface area contributed by atoms with Crippen LogP contribution in [0.25, 0.3) is 0 Å². The van der Waals surface area contributed by atoms with Gasteiger partial charge in [-0.15, -0.1) is 0 Å². The Balaban J connectivity index is 1.89. The molecule has 0 aromatic carbocycles. The fraction of sp³-hybridized carbons (Fsp3) is 0.600. The zero-order valence-corrected chi connectivity index (χ0v) is 10.2. The Kier molecular flexibility index (Phi) is 2.16. The summed E-state index contributed by atoms with van der Waals surface area (Å²) < 4.78 is 5.85. The zero-order chi connectivity index (χ0) is 11.3. The van der Waals surface area contributed by atoms with Crippen molar-refractivity contribution in [2.45, 2.75) is 32.8 Å². The Hall–Kier alpha value is -0.820. The Morgan fingerprint density at radius 3 is 2.88 bits per heavy atom. The molecule has 1 nitrogen and oxygen atoms in total. The first-order chi connectivity index (χ1) is 7.64. The Morgan fingerprint density at radius 1 is 1.44 bits per heavy atom. The van der Waals surface area contributed by atoms with Gasteiger partial charge in [-0.3, -0.25) is 0 Å². The second-order valence-electron chi connectivity index (χ2n) is 5.87. The summed E-state index contributed by atoms with van der Waals surface area (Å²) in [7, 11) is 0. The van der Waals surface area contributed by atoms with Crippen molar-refractivity contribution >= 4 is 0 Å². The SMILES string of the molecule is C=CC1=CCOC1C1=CC[C@H]2C[C@@H]1C2(C)C. The van der Waals surface area contributed by atoms with Crippen LogP contribution in [0.15, 0.2) is 36.0 Å². The second-order valence-corrected chi connectivity index (χ2v) is 5.87. The molecular weight excluding hydrogens is 196 g/mol. The van der Waals surface area contributed by atoms with E-state index < -0.39 is 0 Å². The largest absolute Gasteiger partial charge is 0.365 e. The molecular formula is C15H20O. The Bertz CT molecular complexity index is 386. The maximum atomic E-state index is 5.85. The number of fused-ring (bicyclic) bond motifs is 1. The van der Waals surface area contributed by atoms with E-state index in [0.717, 1.165) is 18.4 Å². The first-order valence-electron chi connectivity index (χ1n) is 6.28. The first-order valence-corrected chi connectivity index (χ1v) is 6.28. The van der Waals surface area contributed by atoms with E-state index >= 15 is 0 Å². The molecule has 0 amide bonds. The highest BCUT2D eigenvalue weighted by atomic mass is 16.5. The molecule has 0 N–H and O–H groups in total. The van der Waals surface area contributed by atoms with Gasteiger partial charge in [0.15, 0.2) is 0 Å². The van der Waals surface area contributed by atoms with Crippen molar-refractivity contribution in [1.29, 1.82) is 0 Å². The van der Waals surface area contributed by atoms with E-state index in [1.165, 1.54) is 24.0 Å². The van der Waals surface area contributed by atoms with Crippen molar-refractivity contribution in [1.82, 2.24) is 0 Å². The lowest BCUT2D eigenvalue weighted by Gasteiger charge is -2.57. The summed E-state index contributed by atoms with van der Waals surface area (Å²) in [4.78, 5) is 0. The summed E-state index contributed by atoms with van der Waals surface area (Å²) >= 11 is 0. The molecule has 4 rings (SSSR count). The Labute approximate surface area is 97.9 Å². The van der Waals surface area contributed by atoms with Gasteiger partial charge in [0, 0.05) is 0 Å². The molecule has 1 aliphatic heterocycles. The van der Waals surface area contributed by atoms with Gasteiger partial charge in [-0.05, 0) is 41.2 Å². The lowest BCUT2D eigenvalue weighted by atomic mass is 9.48. The van der Waals surface area contributed by atoms with Crippen LogP contribution in [-0.4, -0.2) is 12.7 Å². The third kappa shape index (κ3) is 1.21. The molecule has 0 saturated heterocycles. The molecule has 2 bridgehead atoms. The second kappa shape index (κ2) is 3.33. The predicted octanol–water partition coefficient (Wildman–Crippen LogP) is 3.49. The predicted molar refractivity (Wildman–Crippen MR) is 66.1 cm³/mol. The molecule has 1 fully saturated rings. The van der Waals surface area contributed by atoms with E-state index in [0.29, 0.717) is 5.41 Å². The van der Waals surface area contributed by atoms with Gasteiger partial charge in [0.05, 0.1) is 6.61 Å². The molecule has 1 saturated carbocycles. The van der Waals surface area contributed by atoms with Gasteiger partial charge in [0.25, 0.3) is 0 Å². The van der Waals surface area contributed by atoms with Crippen LogP contribution in [0, 0.1) is 17.3 Å². The van der Waals surface area contributed by atoms with Crippen LogP contribution in [0.2, 0.25) is 0 Å². The van der Waals surface area contributed by atoms with E-state index in [1.807, 2.05) is 6.08 Å². The van der Waals surface area contributed by atoms with Gasteiger partial charge in [-0.2, -0.15) is 0 Å². The third-order valence-electron chi connectivity index (χ3n) is 4.93. The minimum Gasteiger partial charge on any atom is -0.365 e. The van der Waals surface area contributed by atoms with Crippen molar-refractivity contribution in [3.63, 3.8) is 0 Å². The van der Waals surface area contributed by atoms with Crippen LogP contribution in [0.3, 0.4) is 0 Å². The van der Waals surface area contributed by atoms with Crippen molar-refractivity contribution in [2.75, 3.05) is 6.61 Å². The summed E-state index contributed by atoms with van der Waals surface area (Å²) in [5, 5.41) is 0. The molecule has 0 aromatic heterocycles. The minimum atomic E-state index is 0.211. The minimum absolute atomic E-state index is 0.211. The number of allylic oxidation sites excluding steroid dienone is 1. The topological polar surface area (TPSA) is 9.23 Å². The summed E-state index contributed by atoms with van der Waals surface area (Å²) in [5.41, 5.74) is 3.28. The molecule has 4 aliphatic rings. The maximum Gasteiger partial charge on any atom is 0.104 e. The lowest BCUT2D eigenvalue weighted by molar-refractivity contribution is -0.0224. The van der Waals surface area contributed by atoms with Crippen molar-refractivity contribution in [3.8, 4) is 0 Å². The highest BCUT2D eigenvalue weighted by Crippen LogP contribution is 2.60. The average Bonchev–Trinajstić information content (AvgIpc) is 2.76. The highest BCUT2D eigenvalue weighted by molar-refractivity contribution is 5.38. The summed E-state index contributed by atoms with van der Waals surface area (Å²) in [6, 6.07) is 0. The monoisotopic (exact) mass is 216 g/mol. The molecule has 0 spiro atoms. The standard InChI is InChI=1S/C15H20O/c1-4-10-7-8-16-14(10)12-6-5-11-9-13(12)15(11,2)3/h4,6-7,11,13-14H,1,5,8-9H2,2-3H3/t11-,13-,14?/m0/s1. The van der Waals surface area contributed by atoms with Crippen molar-refractivity contribution in [3.05, 3.63) is 36.0 Å². The quantitative estimate of drug-likeness (QED) is 0.642. The van der Waals surface area contributed by atoms with Crippen LogP contribution >= 0.6 is 0 Å². The average molecular weight is 216 g/mol. The van der Waals surface area contributed by atoms with Gasteiger partial charge in [-0.1, -0.05) is 38.7 Å². The van der Waals surface area contributed by atoms with E-state index in [4.69, 9.17) is 4.74 Å². The number of ether oxygens (including phenoxy) is 1. The smallest absolute Gasteiger partial charge is 0.104 e. The van der Waals surface area contributed by atoms with E-state index in [9.17, 15) is 0 Å². The van der Waals surface area contributed by atoms with Crippen LogP contribution in [0.1, 0.15) is 26.7 Å². The maximum absolute atomic E-state index is 5.85. The fourth-order valence-electron chi connectivity index (χ4n) is 3.61. The van der Waals surface area contributed by atoms with Gasteiger partial charge in [-0.25, -0.2) is 0 Å². The highest BCUT2D eigenvalue weighted by Gasteiger charge is 2.53. The molecule has 1 heterocycles. The van der Waals surface area contributed by atoms with E-state index in [2.05, 4.69) is 32.6 Å². The molecule has 1 unspecified atom stereocenters. The van der Waals surface area contributed by atoms with Crippen LogP contribution in [0.5, 0.6) is 0 Å². The number of hydrogen-bond acceptors (Lipinski definition) is 1. The molecule has 0 aromatic rings.